The van der Waals surface area contributed by atoms with E-state index in [-0.39, 0.29) is 12.1 Å². The van der Waals surface area contributed by atoms with Crippen molar-refractivity contribution < 1.29 is 0 Å². The molecule has 4 aromatic rings. The quantitative estimate of drug-likeness (QED) is 0.487. The maximum Gasteiger partial charge on any atom is 0.332 e. The number of imidazole rings is 2. The Balaban J connectivity index is 1.97. The van der Waals surface area contributed by atoms with Gasteiger partial charge in [-0.25, -0.2) is 4.79 Å². The summed E-state index contributed by atoms with van der Waals surface area (Å²) in [5, 5.41) is 0.608. The standard InChI is InChI=1S/C21H25ClN6O2/c1-13-14(2)28-17-18(23-20(28)26(13)11-10-24(3)4)25(5)21(30)27(19(17)29)12-15-6-8-16(22)9-7-15/h6-9H,10-12H2,1-5H3. The number of aryl methyl sites for hydroxylation is 2. The number of nitrogens with zero attached hydrogens (tertiary/aromatic N) is 6. The predicted molar refractivity (Wildman–Crippen MR) is 119 cm³/mol. The van der Waals surface area contributed by atoms with Crippen molar-refractivity contribution in [1.29, 1.82) is 0 Å². The van der Waals surface area contributed by atoms with Crippen LogP contribution in [0.3, 0.4) is 0 Å². The van der Waals surface area contributed by atoms with Crippen LogP contribution in [-0.4, -0.2) is 48.6 Å². The molecule has 9 heteroatoms. The molecule has 0 spiro atoms. The topological polar surface area (TPSA) is 69.5 Å². The van der Waals surface area contributed by atoms with Crippen LogP contribution in [0.2, 0.25) is 5.02 Å². The first-order valence-corrected chi connectivity index (χ1v) is 10.2. The van der Waals surface area contributed by atoms with E-state index in [1.807, 2.05) is 44.5 Å². The van der Waals surface area contributed by atoms with Crippen molar-refractivity contribution in [2.75, 3.05) is 20.6 Å². The largest absolute Gasteiger partial charge is 0.332 e. The van der Waals surface area contributed by atoms with Gasteiger partial charge < -0.3 is 9.47 Å². The summed E-state index contributed by atoms with van der Waals surface area (Å²) in [6, 6.07) is 7.13. The first kappa shape index (κ1) is 20.4. The van der Waals surface area contributed by atoms with Gasteiger partial charge in [-0.05, 0) is 45.6 Å². The van der Waals surface area contributed by atoms with E-state index < -0.39 is 5.69 Å². The fourth-order valence-electron chi connectivity index (χ4n) is 3.79. The molecule has 3 aromatic heterocycles. The number of fused-ring (bicyclic) bond motifs is 3. The first-order chi connectivity index (χ1) is 14.2. The second kappa shape index (κ2) is 7.45. The van der Waals surface area contributed by atoms with Crippen molar-refractivity contribution in [1.82, 2.24) is 28.0 Å². The number of hydrogen-bond donors (Lipinski definition) is 0. The van der Waals surface area contributed by atoms with Gasteiger partial charge in [-0.15, -0.1) is 0 Å². The normalized spacial score (nSPS) is 12.0. The van der Waals surface area contributed by atoms with Gasteiger partial charge in [0.05, 0.1) is 6.54 Å². The maximum absolute atomic E-state index is 13.4. The Hall–Kier alpha value is -2.84. The van der Waals surface area contributed by atoms with Crippen molar-refractivity contribution in [3.05, 3.63) is 67.1 Å². The highest BCUT2D eigenvalue weighted by molar-refractivity contribution is 6.30. The molecular weight excluding hydrogens is 404 g/mol. The highest BCUT2D eigenvalue weighted by atomic mass is 35.5. The minimum absolute atomic E-state index is 0.172. The van der Waals surface area contributed by atoms with E-state index in [1.165, 1.54) is 9.13 Å². The molecule has 0 aliphatic rings. The molecule has 158 valence electrons. The minimum atomic E-state index is -0.391. The van der Waals surface area contributed by atoms with Gasteiger partial charge in [-0.2, -0.15) is 4.98 Å². The van der Waals surface area contributed by atoms with Gasteiger partial charge in [-0.3, -0.25) is 18.3 Å². The fourth-order valence-corrected chi connectivity index (χ4v) is 3.92. The molecular formula is C21H25ClN6O2. The van der Waals surface area contributed by atoms with Gasteiger partial charge in [0.15, 0.2) is 11.2 Å². The summed E-state index contributed by atoms with van der Waals surface area (Å²) in [6.07, 6.45) is 0. The lowest BCUT2D eigenvalue weighted by Gasteiger charge is -2.11. The molecule has 0 aliphatic carbocycles. The zero-order valence-corrected chi connectivity index (χ0v) is 18.6. The van der Waals surface area contributed by atoms with E-state index in [4.69, 9.17) is 16.6 Å². The number of benzene rings is 1. The number of halogens is 1. The number of aromatic nitrogens is 5. The van der Waals surface area contributed by atoms with Crippen molar-refractivity contribution in [2.45, 2.75) is 26.9 Å². The lowest BCUT2D eigenvalue weighted by Crippen LogP contribution is -2.39. The number of rotatable bonds is 5. The molecule has 0 saturated heterocycles. The van der Waals surface area contributed by atoms with Crippen LogP contribution in [0.5, 0.6) is 0 Å². The van der Waals surface area contributed by atoms with Crippen LogP contribution in [0.15, 0.2) is 33.9 Å². The minimum Gasteiger partial charge on any atom is -0.313 e. The Morgan fingerprint density at radius 3 is 2.33 bits per heavy atom. The molecule has 0 amide bonds. The lowest BCUT2D eigenvalue weighted by molar-refractivity contribution is 0.384. The second-order valence-electron chi connectivity index (χ2n) is 7.90. The third-order valence-electron chi connectivity index (χ3n) is 5.65. The summed E-state index contributed by atoms with van der Waals surface area (Å²) < 4.78 is 6.68. The first-order valence-electron chi connectivity index (χ1n) is 9.77. The Morgan fingerprint density at radius 1 is 1.03 bits per heavy atom. The van der Waals surface area contributed by atoms with E-state index in [2.05, 4.69) is 9.47 Å². The van der Waals surface area contributed by atoms with Crippen LogP contribution in [0.4, 0.5) is 0 Å². The van der Waals surface area contributed by atoms with Crippen LogP contribution in [-0.2, 0) is 20.1 Å². The summed E-state index contributed by atoms with van der Waals surface area (Å²) in [7, 11) is 5.69. The van der Waals surface area contributed by atoms with Gasteiger partial charge in [0.1, 0.15) is 0 Å². The van der Waals surface area contributed by atoms with Gasteiger partial charge >= 0.3 is 5.69 Å². The van der Waals surface area contributed by atoms with E-state index in [0.29, 0.717) is 22.0 Å². The van der Waals surface area contributed by atoms with E-state index in [1.54, 1.807) is 19.2 Å². The summed E-state index contributed by atoms with van der Waals surface area (Å²) in [5.74, 6) is 0.679. The summed E-state index contributed by atoms with van der Waals surface area (Å²) in [5.41, 5.74) is 2.91. The van der Waals surface area contributed by atoms with Crippen LogP contribution in [0, 0.1) is 13.8 Å². The SMILES string of the molecule is Cc1c(C)n2c3c(=O)n(Cc4ccc(Cl)cc4)c(=O)n(C)c3nc2n1CCN(C)C. The van der Waals surface area contributed by atoms with E-state index in [9.17, 15) is 9.59 Å². The third kappa shape index (κ3) is 3.16. The summed E-state index contributed by atoms with van der Waals surface area (Å²) >= 11 is 5.96. The molecule has 0 atom stereocenters. The fraction of sp³-hybridized carbons (Fsp3) is 0.381. The molecule has 0 radical (unpaired) electrons. The Kier molecular flexibility index (Phi) is 5.07. The highest BCUT2D eigenvalue weighted by Gasteiger charge is 2.22. The van der Waals surface area contributed by atoms with Crippen LogP contribution < -0.4 is 11.2 Å². The highest BCUT2D eigenvalue weighted by Crippen LogP contribution is 2.20. The number of likely N-dealkylation sites (N-methyl/N-ethyl adjacent to an activating group) is 1. The molecule has 3 heterocycles. The molecule has 30 heavy (non-hydrogen) atoms. The molecule has 0 aliphatic heterocycles. The average Bonchev–Trinajstić information content (AvgIpc) is 3.20. The zero-order valence-electron chi connectivity index (χ0n) is 17.8. The number of hydrogen-bond acceptors (Lipinski definition) is 4. The van der Waals surface area contributed by atoms with Crippen LogP contribution in [0.25, 0.3) is 16.9 Å². The molecule has 4 rings (SSSR count). The second-order valence-corrected chi connectivity index (χ2v) is 8.34. The van der Waals surface area contributed by atoms with Crippen LogP contribution in [0.1, 0.15) is 17.0 Å². The van der Waals surface area contributed by atoms with E-state index >= 15 is 0 Å². The Bertz CT molecular complexity index is 1370. The van der Waals surface area contributed by atoms with Crippen molar-refractivity contribution in [2.24, 2.45) is 7.05 Å². The molecule has 0 saturated carbocycles. The Morgan fingerprint density at radius 2 is 1.70 bits per heavy atom. The third-order valence-corrected chi connectivity index (χ3v) is 5.91. The van der Waals surface area contributed by atoms with Gasteiger partial charge in [-0.1, -0.05) is 23.7 Å². The molecule has 8 nitrogen and oxygen atoms in total. The van der Waals surface area contributed by atoms with Gasteiger partial charge in [0.2, 0.25) is 5.78 Å². The van der Waals surface area contributed by atoms with Crippen LogP contribution >= 0.6 is 11.6 Å². The average molecular weight is 429 g/mol. The van der Waals surface area contributed by atoms with Gasteiger partial charge in [0.25, 0.3) is 5.56 Å². The molecule has 1 aromatic carbocycles. The van der Waals surface area contributed by atoms with Crippen molar-refractivity contribution >= 4 is 28.5 Å². The predicted octanol–water partition coefficient (Wildman–Crippen LogP) is 2.03. The summed E-state index contributed by atoms with van der Waals surface area (Å²) in [4.78, 5) is 33.2. The molecule has 0 fully saturated rings. The van der Waals surface area contributed by atoms with Crippen molar-refractivity contribution in [3.63, 3.8) is 0 Å². The smallest absolute Gasteiger partial charge is 0.313 e. The zero-order chi connectivity index (χ0) is 21.7. The molecule has 0 bridgehead atoms. The van der Waals surface area contributed by atoms with E-state index in [0.717, 1.165) is 30.0 Å². The molecule has 0 unspecified atom stereocenters. The maximum atomic E-state index is 13.4. The molecule has 0 N–H and O–H groups in total. The monoisotopic (exact) mass is 428 g/mol. The van der Waals surface area contributed by atoms with Crippen molar-refractivity contribution in [3.8, 4) is 0 Å². The Labute approximate surface area is 178 Å². The lowest BCUT2D eigenvalue weighted by atomic mass is 10.2. The summed E-state index contributed by atoms with van der Waals surface area (Å²) in [6.45, 7) is 5.76. The van der Waals surface area contributed by atoms with Gasteiger partial charge in [0, 0.05) is 36.5 Å².